The predicted octanol–water partition coefficient (Wildman–Crippen LogP) is 5.85. The number of rotatable bonds is 28. The van der Waals surface area contributed by atoms with E-state index in [1.807, 2.05) is 0 Å². The van der Waals surface area contributed by atoms with Crippen LogP contribution in [0, 0.1) is 0 Å². The predicted molar refractivity (Wildman–Crippen MR) is 161 cm³/mol. The molecule has 0 aliphatic rings. The monoisotopic (exact) mass is 600 g/mol. The largest absolute Gasteiger partial charge is 1.00 e. The SMILES string of the molecule is CCCCCCCCCCCCCOC(=O)CC(C)(C(=O)OCCCCCCCCCCCCC)S(=O)(=O)O.[H-].[Na+]. The molecule has 0 radical (unpaired) electrons. The van der Waals surface area contributed by atoms with E-state index in [0.29, 0.717) is 12.8 Å². The van der Waals surface area contributed by atoms with Crippen molar-refractivity contribution in [3.05, 3.63) is 0 Å². The van der Waals surface area contributed by atoms with Gasteiger partial charge in [-0.1, -0.05) is 142 Å². The summed E-state index contributed by atoms with van der Waals surface area (Å²) >= 11 is 0. The number of carbonyl (C=O) groups excluding carboxylic acids is 2. The molecule has 1 atom stereocenters. The van der Waals surface area contributed by atoms with Gasteiger partial charge < -0.3 is 10.9 Å². The molecule has 0 bridgehead atoms. The molecule has 9 heteroatoms. The zero-order valence-electron chi connectivity index (χ0n) is 27.5. The van der Waals surface area contributed by atoms with Crippen molar-refractivity contribution >= 4 is 22.1 Å². The van der Waals surface area contributed by atoms with Crippen LogP contribution in [-0.2, 0) is 29.2 Å². The van der Waals surface area contributed by atoms with Crippen LogP contribution >= 0.6 is 0 Å². The Balaban J connectivity index is -0.00000722. The molecule has 0 rings (SSSR count). The molecule has 40 heavy (non-hydrogen) atoms. The van der Waals surface area contributed by atoms with Crippen LogP contribution in [-0.4, -0.2) is 42.9 Å². The van der Waals surface area contributed by atoms with Crippen molar-refractivity contribution < 1.29 is 63.0 Å². The maximum Gasteiger partial charge on any atom is 1.00 e. The van der Waals surface area contributed by atoms with E-state index >= 15 is 0 Å². The zero-order chi connectivity index (χ0) is 29.2. The number of unbranched alkanes of at least 4 members (excludes halogenated alkanes) is 20. The van der Waals surface area contributed by atoms with Gasteiger partial charge >= 0.3 is 41.5 Å². The minimum Gasteiger partial charge on any atom is -1.00 e. The molecule has 1 N–H and O–H groups in total. The number of hydrogen-bond donors (Lipinski definition) is 1. The average Bonchev–Trinajstić information content (AvgIpc) is 2.89. The molecule has 0 saturated heterocycles. The van der Waals surface area contributed by atoms with E-state index in [9.17, 15) is 22.6 Å². The second-order valence-corrected chi connectivity index (χ2v) is 13.2. The van der Waals surface area contributed by atoms with E-state index in [2.05, 4.69) is 13.8 Å². The van der Waals surface area contributed by atoms with E-state index in [1.165, 1.54) is 89.9 Å². The molecule has 7 nitrogen and oxygen atoms in total. The van der Waals surface area contributed by atoms with Crippen LogP contribution in [0.2, 0.25) is 0 Å². The third kappa shape index (κ3) is 22.4. The first-order valence-corrected chi connectivity index (χ1v) is 17.4. The second kappa shape index (κ2) is 27.7. The second-order valence-electron chi connectivity index (χ2n) is 11.3. The van der Waals surface area contributed by atoms with Gasteiger partial charge in [0, 0.05) is 0 Å². The molecule has 0 aliphatic carbocycles. The molecule has 0 aromatic carbocycles. The normalized spacial score (nSPS) is 12.9. The van der Waals surface area contributed by atoms with Gasteiger partial charge in [0.15, 0.2) is 0 Å². The molecule has 0 aliphatic heterocycles. The first-order chi connectivity index (χ1) is 18.7. The smallest absolute Gasteiger partial charge is 1.00 e. The van der Waals surface area contributed by atoms with Crippen molar-refractivity contribution in [1.29, 1.82) is 0 Å². The van der Waals surface area contributed by atoms with Gasteiger partial charge in [-0.05, 0) is 19.8 Å². The molecular weight excluding hydrogens is 539 g/mol. The first kappa shape index (κ1) is 42.0. The van der Waals surface area contributed by atoms with Gasteiger partial charge in [-0.15, -0.1) is 0 Å². The summed E-state index contributed by atoms with van der Waals surface area (Å²) in [7, 11) is -4.86. The number of carbonyl (C=O) groups is 2. The Labute approximate surface area is 270 Å². The molecular formula is C31H61NaO7S. The van der Waals surface area contributed by atoms with Gasteiger partial charge in [0.05, 0.1) is 19.6 Å². The Morgan fingerprint density at radius 1 is 0.600 bits per heavy atom. The fourth-order valence-electron chi connectivity index (χ4n) is 4.63. The summed E-state index contributed by atoms with van der Waals surface area (Å²) in [6, 6.07) is 0. The van der Waals surface area contributed by atoms with Crippen LogP contribution in [0.15, 0.2) is 0 Å². The molecule has 0 amide bonds. The van der Waals surface area contributed by atoms with Gasteiger partial charge in [-0.3, -0.25) is 14.1 Å². The number of hydrogen-bond acceptors (Lipinski definition) is 6. The van der Waals surface area contributed by atoms with Crippen LogP contribution in [0.3, 0.4) is 0 Å². The number of esters is 2. The minimum atomic E-state index is -4.86. The Morgan fingerprint density at radius 2 is 0.900 bits per heavy atom. The summed E-state index contributed by atoms with van der Waals surface area (Å²) in [5, 5.41) is 0. The summed E-state index contributed by atoms with van der Waals surface area (Å²) < 4.78 is 41.6. The Hall–Kier alpha value is -0.150. The summed E-state index contributed by atoms with van der Waals surface area (Å²) in [4.78, 5) is 24.8. The fourth-order valence-corrected chi connectivity index (χ4v) is 5.20. The van der Waals surface area contributed by atoms with Crippen molar-refractivity contribution in [3.8, 4) is 0 Å². The van der Waals surface area contributed by atoms with Crippen LogP contribution in [0.25, 0.3) is 0 Å². The van der Waals surface area contributed by atoms with Gasteiger partial charge in [0.2, 0.25) is 4.75 Å². The van der Waals surface area contributed by atoms with Crippen molar-refractivity contribution in [2.45, 2.75) is 173 Å². The van der Waals surface area contributed by atoms with Crippen molar-refractivity contribution in [3.63, 3.8) is 0 Å². The van der Waals surface area contributed by atoms with E-state index in [1.54, 1.807) is 0 Å². The van der Waals surface area contributed by atoms with E-state index in [4.69, 9.17) is 9.47 Å². The Bertz CT molecular complexity index is 721. The molecule has 1 unspecified atom stereocenters. The third-order valence-electron chi connectivity index (χ3n) is 7.47. The molecule has 0 fully saturated rings. The molecule has 0 aromatic rings. The van der Waals surface area contributed by atoms with Gasteiger partial charge in [-0.25, -0.2) is 0 Å². The number of ether oxygens (including phenoxy) is 2. The maximum absolute atomic E-state index is 12.5. The first-order valence-electron chi connectivity index (χ1n) is 16.0. The van der Waals surface area contributed by atoms with E-state index in [-0.39, 0.29) is 44.2 Å². The van der Waals surface area contributed by atoms with E-state index in [0.717, 1.165) is 45.4 Å². The van der Waals surface area contributed by atoms with Crippen molar-refractivity contribution in [2.24, 2.45) is 0 Å². The summed E-state index contributed by atoms with van der Waals surface area (Å²) in [6.07, 6.45) is 24.7. The molecule has 0 aromatic heterocycles. The Kier molecular flexibility index (Phi) is 29.0. The van der Waals surface area contributed by atoms with Crippen molar-refractivity contribution in [2.75, 3.05) is 13.2 Å². The molecule has 0 spiro atoms. The molecule has 0 saturated carbocycles. The zero-order valence-corrected chi connectivity index (χ0v) is 29.3. The van der Waals surface area contributed by atoms with Gasteiger partial charge in [0.25, 0.3) is 10.1 Å². The maximum atomic E-state index is 12.5. The van der Waals surface area contributed by atoms with Crippen LogP contribution in [0.4, 0.5) is 0 Å². The topological polar surface area (TPSA) is 107 Å². The summed E-state index contributed by atoms with van der Waals surface area (Å²) in [5.74, 6) is -1.93. The minimum absolute atomic E-state index is 0. The Morgan fingerprint density at radius 3 is 1.23 bits per heavy atom. The van der Waals surface area contributed by atoms with Crippen LogP contribution in [0.1, 0.15) is 170 Å². The molecule has 234 valence electrons. The standard InChI is InChI=1S/C31H60O7S.Na.H/c1-4-6-8-10-12-14-16-18-20-22-24-26-37-29(32)28-31(3,39(34,35)36)30(33)38-27-25-23-21-19-17-15-13-11-9-7-5-2;;/h4-28H2,1-3H3,(H,34,35,36);;/q;+1;-1. The van der Waals surface area contributed by atoms with Crippen LogP contribution in [0.5, 0.6) is 0 Å². The average molecular weight is 601 g/mol. The third-order valence-corrected chi connectivity index (χ3v) is 8.92. The van der Waals surface area contributed by atoms with Crippen LogP contribution < -0.4 is 29.6 Å². The summed E-state index contributed by atoms with van der Waals surface area (Å²) in [6.45, 7) is 5.70. The van der Waals surface area contributed by atoms with Gasteiger partial charge in [0.1, 0.15) is 0 Å². The summed E-state index contributed by atoms with van der Waals surface area (Å²) in [5.41, 5.74) is 0. The van der Waals surface area contributed by atoms with Crippen molar-refractivity contribution in [1.82, 2.24) is 0 Å². The van der Waals surface area contributed by atoms with E-state index < -0.39 is 33.2 Å². The quantitative estimate of drug-likeness (QED) is 0.0520. The molecule has 0 heterocycles. The van der Waals surface area contributed by atoms with Gasteiger partial charge in [-0.2, -0.15) is 8.42 Å². The fraction of sp³-hybridized carbons (Fsp3) is 0.935.